The molecule has 2 aromatic carbocycles. The predicted molar refractivity (Wildman–Crippen MR) is 136 cm³/mol. The normalized spacial score (nSPS) is 11.9. The molecule has 34 heavy (non-hydrogen) atoms. The van der Waals surface area contributed by atoms with Crippen LogP contribution in [0.25, 0.3) is 0 Å². The Balaban J connectivity index is 0.000000362. The quantitative estimate of drug-likeness (QED) is 0.336. The van der Waals surface area contributed by atoms with Crippen molar-refractivity contribution >= 4 is 47.5 Å². The van der Waals surface area contributed by atoms with Gasteiger partial charge >= 0.3 is 0 Å². The van der Waals surface area contributed by atoms with Gasteiger partial charge in [-0.15, -0.1) is 0 Å². The van der Waals surface area contributed by atoms with E-state index in [1.165, 1.54) is 58.5 Å². The van der Waals surface area contributed by atoms with E-state index >= 15 is 0 Å². The van der Waals surface area contributed by atoms with Crippen LogP contribution in [0.3, 0.4) is 0 Å². The SMILES string of the molecule is CC(=O)C(Cc1ccc(S(=O)(=O)N(C)C)cc1)C(C)=O.CN(C)S(=O)(=O)c1ccc(CBr)cc1. The number of carbonyl (C=O) groups is 2. The number of benzene rings is 2. The molecule has 0 atom stereocenters. The van der Waals surface area contributed by atoms with Crippen LogP contribution in [0.1, 0.15) is 25.0 Å². The van der Waals surface area contributed by atoms with E-state index in [9.17, 15) is 26.4 Å². The molecule has 0 saturated heterocycles. The highest BCUT2D eigenvalue weighted by atomic mass is 79.9. The third kappa shape index (κ3) is 8.09. The summed E-state index contributed by atoms with van der Waals surface area (Å²) in [5.74, 6) is -1.02. The molecule has 0 N–H and O–H groups in total. The van der Waals surface area contributed by atoms with Crippen molar-refractivity contribution in [2.75, 3.05) is 28.2 Å². The first-order chi connectivity index (χ1) is 15.6. The Kier molecular flexibility index (Phi) is 11.2. The van der Waals surface area contributed by atoms with E-state index < -0.39 is 26.0 Å². The van der Waals surface area contributed by atoms with Gasteiger partial charge in [-0.2, -0.15) is 0 Å². The summed E-state index contributed by atoms with van der Waals surface area (Å²) in [6.07, 6.45) is 0.299. The molecule has 2 rings (SSSR count). The zero-order valence-corrected chi connectivity index (χ0v) is 23.4. The Labute approximate surface area is 211 Å². The van der Waals surface area contributed by atoms with E-state index in [1.807, 2.05) is 0 Å². The highest BCUT2D eigenvalue weighted by molar-refractivity contribution is 9.08. The van der Waals surface area contributed by atoms with E-state index in [-0.39, 0.29) is 16.5 Å². The monoisotopic (exact) mass is 574 g/mol. The van der Waals surface area contributed by atoms with Crippen molar-refractivity contribution in [1.29, 1.82) is 0 Å². The summed E-state index contributed by atoms with van der Waals surface area (Å²) in [4.78, 5) is 23.3. The van der Waals surface area contributed by atoms with Crippen LogP contribution in [0.15, 0.2) is 58.3 Å². The van der Waals surface area contributed by atoms with Crippen molar-refractivity contribution in [1.82, 2.24) is 8.61 Å². The lowest BCUT2D eigenvalue weighted by molar-refractivity contribution is -0.130. The van der Waals surface area contributed by atoms with E-state index in [1.54, 1.807) is 36.4 Å². The van der Waals surface area contributed by atoms with E-state index in [0.29, 0.717) is 11.3 Å². The second kappa shape index (κ2) is 12.7. The Morgan fingerprint density at radius 2 is 1.03 bits per heavy atom. The minimum atomic E-state index is -3.46. The van der Waals surface area contributed by atoms with Crippen LogP contribution in [0.5, 0.6) is 0 Å². The van der Waals surface area contributed by atoms with Crippen LogP contribution >= 0.6 is 15.9 Å². The van der Waals surface area contributed by atoms with Crippen LogP contribution in [0, 0.1) is 5.92 Å². The van der Waals surface area contributed by atoms with Crippen LogP contribution < -0.4 is 0 Å². The standard InChI is InChI=1S/C14H19NO4S.C9H12BrNO2S/c1-10(16)14(11(2)17)9-12-5-7-13(8-6-12)20(18,19)15(3)4;1-11(2)14(12,13)9-5-3-8(7-10)4-6-9/h5-8,14H,9H2,1-4H3;3-6H,7H2,1-2H3. The third-order valence-corrected chi connectivity index (χ3v) is 9.29. The van der Waals surface area contributed by atoms with Crippen molar-refractivity contribution in [3.63, 3.8) is 0 Å². The molecule has 188 valence electrons. The van der Waals surface area contributed by atoms with Crippen molar-refractivity contribution in [3.8, 4) is 0 Å². The van der Waals surface area contributed by atoms with E-state index in [2.05, 4.69) is 15.9 Å². The Morgan fingerprint density at radius 3 is 1.29 bits per heavy atom. The van der Waals surface area contributed by atoms with Gasteiger partial charge in [-0.25, -0.2) is 25.4 Å². The van der Waals surface area contributed by atoms with Gasteiger partial charge in [0.15, 0.2) is 0 Å². The molecule has 0 aliphatic rings. The minimum absolute atomic E-state index is 0.178. The molecule has 0 aliphatic carbocycles. The Morgan fingerprint density at radius 1 is 0.706 bits per heavy atom. The number of nitrogens with zero attached hydrogens (tertiary/aromatic N) is 2. The molecule has 0 aliphatic heterocycles. The summed E-state index contributed by atoms with van der Waals surface area (Å²) in [5.41, 5.74) is 1.82. The van der Waals surface area contributed by atoms with Gasteiger partial charge in [-0.1, -0.05) is 40.2 Å². The number of alkyl halides is 1. The molecule has 0 unspecified atom stereocenters. The second-order valence-corrected chi connectivity index (χ2v) is 12.8. The maximum Gasteiger partial charge on any atom is 0.242 e. The number of halogens is 1. The van der Waals surface area contributed by atoms with Crippen LogP contribution in [0.2, 0.25) is 0 Å². The highest BCUT2D eigenvalue weighted by Crippen LogP contribution is 2.17. The molecule has 0 radical (unpaired) electrons. The molecule has 2 aromatic rings. The molecule has 0 heterocycles. The van der Waals surface area contributed by atoms with E-state index in [4.69, 9.17) is 0 Å². The third-order valence-electron chi connectivity index (χ3n) is 4.98. The van der Waals surface area contributed by atoms with Crippen LogP contribution in [-0.2, 0) is 41.4 Å². The van der Waals surface area contributed by atoms with Crippen molar-refractivity contribution in [3.05, 3.63) is 59.7 Å². The molecular formula is C23H31BrN2O6S2. The van der Waals surface area contributed by atoms with Crippen molar-refractivity contribution in [2.24, 2.45) is 5.92 Å². The number of carbonyl (C=O) groups excluding carboxylic acids is 2. The zero-order valence-electron chi connectivity index (χ0n) is 20.1. The van der Waals surface area contributed by atoms with Gasteiger partial charge in [0.2, 0.25) is 20.0 Å². The van der Waals surface area contributed by atoms with Gasteiger partial charge < -0.3 is 0 Å². The number of hydrogen-bond acceptors (Lipinski definition) is 6. The van der Waals surface area contributed by atoms with Crippen LogP contribution in [0.4, 0.5) is 0 Å². The van der Waals surface area contributed by atoms with Crippen LogP contribution in [-0.4, -0.2) is 65.2 Å². The molecule has 0 saturated carbocycles. The van der Waals surface area contributed by atoms with Crippen molar-refractivity contribution < 1.29 is 26.4 Å². The number of rotatable bonds is 9. The molecule has 11 heteroatoms. The number of sulfonamides is 2. The summed E-state index contributed by atoms with van der Waals surface area (Å²) in [7, 11) is -0.770. The van der Waals surface area contributed by atoms with E-state index in [0.717, 1.165) is 20.8 Å². The number of hydrogen-bond donors (Lipinski definition) is 0. The fraction of sp³-hybridized carbons (Fsp3) is 0.391. The molecule has 0 fully saturated rings. The first-order valence-electron chi connectivity index (χ1n) is 10.2. The predicted octanol–water partition coefficient (Wildman–Crippen LogP) is 3.11. The molecular weight excluding hydrogens is 544 g/mol. The largest absolute Gasteiger partial charge is 0.299 e. The minimum Gasteiger partial charge on any atom is -0.299 e. The lowest BCUT2D eigenvalue weighted by atomic mass is 9.93. The smallest absolute Gasteiger partial charge is 0.242 e. The lowest BCUT2D eigenvalue weighted by Crippen LogP contribution is -2.23. The second-order valence-electron chi connectivity index (χ2n) is 7.97. The summed E-state index contributed by atoms with van der Waals surface area (Å²) in [6, 6.07) is 13.1. The van der Waals surface area contributed by atoms with Gasteiger partial charge in [0.1, 0.15) is 11.6 Å². The summed E-state index contributed by atoms with van der Waals surface area (Å²) < 4.78 is 49.4. The molecule has 0 spiro atoms. The maximum atomic E-state index is 11.9. The van der Waals surface area contributed by atoms with Gasteiger partial charge in [-0.3, -0.25) is 9.59 Å². The van der Waals surface area contributed by atoms with Gasteiger partial charge in [-0.05, 0) is 55.7 Å². The van der Waals surface area contributed by atoms with Gasteiger partial charge in [0.05, 0.1) is 15.7 Å². The lowest BCUT2D eigenvalue weighted by Gasteiger charge is -2.13. The summed E-state index contributed by atoms with van der Waals surface area (Å²) >= 11 is 3.30. The highest BCUT2D eigenvalue weighted by Gasteiger charge is 2.21. The molecule has 0 aromatic heterocycles. The summed E-state index contributed by atoms with van der Waals surface area (Å²) in [5, 5.41) is 0.731. The summed E-state index contributed by atoms with van der Waals surface area (Å²) in [6.45, 7) is 2.77. The average Bonchev–Trinajstić information content (AvgIpc) is 2.77. The fourth-order valence-electron chi connectivity index (χ4n) is 2.78. The maximum absolute atomic E-state index is 11.9. The molecule has 0 amide bonds. The zero-order chi connectivity index (χ0) is 26.3. The Hall–Kier alpha value is -1.92. The molecule has 0 bridgehead atoms. The fourth-order valence-corrected chi connectivity index (χ4v) is 4.96. The Bertz CT molecular complexity index is 1180. The first-order valence-corrected chi connectivity index (χ1v) is 14.2. The first kappa shape index (κ1) is 30.1. The van der Waals surface area contributed by atoms with Gasteiger partial charge in [0, 0.05) is 33.5 Å². The van der Waals surface area contributed by atoms with Crippen molar-refractivity contribution in [2.45, 2.75) is 35.4 Å². The molecule has 8 nitrogen and oxygen atoms in total. The average molecular weight is 576 g/mol. The number of Topliss-reactive ketones (excluding diaryl/α,β-unsaturated/α-hetero) is 2. The topological polar surface area (TPSA) is 109 Å². The number of ketones is 2. The van der Waals surface area contributed by atoms with Gasteiger partial charge in [0.25, 0.3) is 0 Å².